The number of carbonyl (C=O) groups excluding carboxylic acids is 1. The molecule has 0 spiro atoms. The molecule has 1 aliphatic heterocycles. The Hall–Kier alpha value is -1.46. The van der Waals surface area contributed by atoms with Gasteiger partial charge in [0.25, 0.3) is 0 Å². The summed E-state index contributed by atoms with van der Waals surface area (Å²) in [5, 5.41) is 13.4. The maximum atomic E-state index is 12.9. The second kappa shape index (κ2) is 7.70. The summed E-state index contributed by atoms with van der Waals surface area (Å²) in [6, 6.07) is 6.01. The first kappa shape index (κ1) is 16.9. The summed E-state index contributed by atoms with van der Waals surface area (Å²) < 4.78 is 12.9. The van der Waals surface area contributed by atoms with Crippen molar-refractivity contribution in [2.24, 2.45) is 11.8 Å². The number of aliphatic hydroxyl groups is 1. The second-order valence-electron chi connectivity index (χ2n) is 6.12. The third-order valence-electron chi connectivity index (χ3n) is 4.44. The summed E-state index contributed by atoms with van der Waals surface area (Å²) in [6.07, 6.45) is 0.959. The zero-order valence-electron chi connectivity index (χ0n) is 13.3. The number of hydrogen-bond donors (Lipinski definition) is 2. The molecule has 1 heterocycles. The fourth-order valence-corrected chi connectivity index (χ4v) is 3.07. The molecule has 122 valence electrons. The highest BCUT2D eigenvalue weighted by atomic mass is 19.1. The van der Waals surface area contributed by atoms with Gasteiger partial charge in [-0.15, -0.1) is 0 Å². The Bertz CT molecular complexity index is 484. The third kappa shape index (κ3) is 4.05. The molecule has 0 aromatic heterocycles. The number of hydrogen-bond acceptors (Lipinski definition) is 3. The predicted molar refractivity (Wildman–Crippen MR) is 83.8 cm³/mol. The Balaban J connectivity index is 1.89. The van der Waals surface area contributed by atoms with Gasteiger partial charge >= 0.3 is 0 Å². The molecule has 0 radical (unpaired) electrons. The van der Waals surface area contributed by atoms with E-state index in [-0.39, 0.29) is 23.6 Å². The van der Waals surface area contributed by atoms with Gasteiger partial charge in [0.15, 0.2) is 0 Å². The standard InChI is InChI=1S/C17H25FN2O2/c1-12(11-19-2)17(22)20-9-7-14(8-10-20)16(21)13-3-5-15(18)6-4-13/h3-6,12,14,16,19,21H,7-11H2,1-2H3. The normalized spacial score (nSPS) is 19.0. The Morgan fingerprint density at radius 3 is 2.50 bits per heavy atom. The number of benzene rings is 1. The molecular weight excluding hydrogens is 283 g/mol. The van der Waals surface area contributed by atoms with Crippen LogP contribution in [0.3, 0.4) is 0 Å². The van der Waals surface area contributed by atoms with E-state index in [1.54, 1.807) is 12.1 Å². The maximum Gasteiger partial charge on any atom is 0.226 e. The molecule has 1 aromatic carbocycles. The van der Waals surface area contributed by atoms with Gasteiger partial charge in [0.1, 0.15) is 5.82 Å². The third-order valence-corrected chi connectivity index (χ3v) is 4.44. The van der Waals surface area contributed by atoms with Gasteiger partial charge in [-0.1, -0.05) is 19.1 Å². The second-order valence-corrected chi connectivity index (χ2v) is 6.12. The first-order chi connectivity index (χ1) is 10.5. The van der Waals surface area contributed by atoms with Crippen molar-refractivity contribution in [3.05, 3.63) is 35.6 Å². The number of aliphatic hydroxyl groups excluding tert-OH is 1. The van der Waals surface area contributed by atoms with E-state index in [9.17, 15) is 14.3 Å². The van der Waals surface area contributed by atoms with Crippen molar-refractivity contribution in [1.82, 2.24) is 10.2 Å². The molecule has 1 fully saturated rings. The van der Waals surface area contributed by atoms with Crippen molar-refractivity contribution in [2.75, 3.05) is 26.7 Å². The molecule has 0 aliphatic carbocycles. The lowest BCUT2D eigenvalue weighted by molar-refractivity contribution is -0.136. The number of nitrogens with one attached hydrogen (secondary N) is 1. The van der Waals surface area contributed by atoms with Gasteiger partial charge in [-0.3, -0.25) is 4.79 Å². The summed E-state index contributed by atoms with van der Waals surface area (Å²) >= 11 is 0. The number of nitrogens with zero attached hydrogens (tertiary/aromatic N) is 1. The van der Waals surface area contributed by atoms with E-state index in [2.05, 4.69) is 5.32 Å². The number of halogens is 1. The van der Waals surface area contributed by atoms with Crippen molar-refractivity contribution >= 4 is 5.91 Å². The highest BCUT2D eigenvalue weighted by Crippen LogP contribution is 2.31. The number of piperidine rings is 1. The van der Waals surface area contributed by atoms with Crippen molar-refractivity contribution in [2.45, 2.75) is 25.9 Å². The quantitative estimate of drug-likeness (QED) is 0.874. The van der Waals surface area contributed by atoms with Crippen LogP contribution >= 0.6 is 0 Å². The van der Waals surface area contributed by atoms with E-state index < -0.39 is 6.10 Å². The Morgan fingerprint density at radius 1 is 1.36 bits per heavy atom. The molecule has 0 bridgehead atoms. The average molecular weight is 308 g/mol. The van der Waals surface area contributed by atoms with Crippen LogP contribution in [0.15, 0.2) is 24.3 Å². The molecule has 4 nitrogen and oxygen atoms in total. The first-order valence-electron chi connectivity index (χ1n) is 7.90. The van der Waals surface area contributed by atoms with Crippen molar-refractivity contribution in [3.63, 3.8) is 0 Å². The van der Waals surface area contributed by atoms with Crippen LogP contribution in [0.2, 0.25) is 0 Å². The molecule has 2 rings (SSSR count). The van der Waals surface area contributed by atoms with Gasteiger partial charge in [-0.05, 0) is 43.5 Å². The van der Waals surface area contributed by atoms with Crippen molar-refractivity contribution in [3.8, 4) is 0 Å². The highest BCUT2D eigenvalue weighted by Gasteiger charge is 2.29. The Labute approximate surface area is 131 Å². The van der Waals surface area contributed by atoms with Crippen LogP contribution < -0.4 is 5.32 Å². The summed E-state index contributed by atoms with van der Waals surface area (Å²) in [5.41, 5.74) is 0.745. The summed E-state index contributed by atoms with van der Waals surface area (Å²) in [4.78, 5) is 14.1. The van der Waals surface area contributed by atoms with E-state index >= 15 is 0 Å². The molecule has 2 unspecified atom stereocenters. The molecule has 22 heavy (non-hydrogen) atoms. The van der Waals surface area contributed by atoms with Crippen LogP contribution in [-0.2, 0) is 4.79 Å². The van der Waals surface area contributed by atoms with E-state index in [0.717, 1.165) is 18.4 Å². The van der Waals surface area contributed by atoms with Crippen LogP contribution in [0, 0.1) is 17.7 Å². The number of likely N-dealkylation sites (tertiary alicyclic amines) is 1. The molecule has 1 aromatic rings. The fraction of sp³-hybridized carbons (Fsp3) is 0.588. The largest absolute Gasteiger partial charge is 0.388 e. The lowest BCUT2D eigenvalue weighted by Gasteiger charge is -2.35. The van der Waals surface area contributed by atoms with Crippen LogP contribution in [0.4, 0.5) is 4.39 Å². The van der Waals surface area contributed by atoms with Gasteiger partial charge in [-0.25, -0.2) is 4.39 Å². The maximum absolute atomic E-state index is 12.9. The van der Waals surface area contributed by atoms with Gasteiger partial charge in [0.05, 0.1) is 6.10 Å². The molecule has 2 N–H and O–H groups in total. The number of amides is 1. The van der Waals surface area contributed by atoms with Crippen LogP contribution in [0.25, 0.3) is 0 Å². The topological polar surface area (TPSA) is 52.6 Å². The van der Waals surface area contributed by atoms with E-state index in [4.69, 9.17) is 0 Å². The summed E-state index contributed by atoms with van der Waals surface area (Å²) in [5.74, 6) is -0.0309. The molecule has 0 saturated carbocycles. The molecular formula is C17H25FN2O2. The number of rotatable bonds is 5. The summed E-state index contributed by atoms with van der Waals surface area (Å²) in [6.45, 7) is 3.96. The van der Waals surface area contributed by atoms with Gasteiger partial charge in [-0.2, -0.15) is 0 Å². The zero-order valence-corrected chi connectivity index (χ0v) is 13.3. The monoisotopic (exact) mass is 308 g/mol. The smallest absolute Gasteiger partial charge is 0.226 e. The molecule has 5 heteroatoms. The minimum absolute atomic E-state index is 0.0245. The zero-order chi connectivity index (χ0) is 16.1. The molecule has 2 atom stereocenters. The predicted octanol–water partition coefficient (Wildman–Crippen LogP) is 1.95. The van der Waals surface area contributed by atoms with Crippen molar-refractivity contribution in [1.29, 1.82) is 0 Å². The fourth-order valence-electron chi connectivity index (χ4n) is 3.07. The lowest BCUT2D eigenvalue weighted by Crippen LogP contribution is -2.44. The van der Waals surface area contributed by atoms with Gasteiger partial charge in [0.2, 0.25) is 5.91 Å². The van der Waals surface area contributed by atoms with Crippen LogP contribution in [-0.4, -0.2) is 42.6 Å². The van der Waals surface area contributed by atoms with Gasteiger partial charge in [0, 0.05) is 25.6 Å². The SMILES string of the molecule is CNCC(C)C(=O)N1CCC(C(O)c2ccc(F)cc2)CC1. The minimum Gasteiger partial charge on any atom is -0.388 e. The van der Waals surface area contributed by atoms with Crippen LogP contribution in [0.5, 0.6) is 0 Å². The van der Waals surface area contributed by atoms with E-state index in [0.29, 0.717) is 19.6 Å². The lowest BCUT2D eigenvalue weighted by atomic mass is 9.87. The molecule has 1 saturated heterocycles. The molecule has 1 aliphatic rings. The van der Waals surface area contributed by atoms with Gasteiger partial charge < -0.3 is 15.3 Å². The summed E-state index contributed by atoms with van der Waals surface area (Å²) in [7, 11) is 1.84. The molecule has 1 amide bonds. The van der Waals surface area contributed by atoms with Crippen LogP contribution in [0.1, 0.15) is 31.4 Å². The van der Waals surface area contributed by atoms with E-state index in [1.165, 1.54) is 12.1 Å². The minimum atomic E-state index is -0.590. The van der Waals surface area contributed by atoms with E-state index in [1.807, 2.05) is 18.9 Å². The average Bonchev–Trinajstić information content (AvgIpc) is 2.54. The van der Waals surface area contributed by atoms with Crippen molar-refractivity contribution < 1.29 is 14.3 Å². The Kier molecular flexibility index (Phi) is 5.91. The number of carbonyl (C=O) groups is 1. The highest BCUT2D eigenvalue weighted by molar-refractivity contribution is 5.78. The Morgan fingerprint density at radius 2 is 1.95 bits per heavy atom. The first-order valence-corrected chi connectivity index (χ1v) is 7.90.